The van der Waals surface area contributed by atoms with E-state index in [2.05, 4.69) is 13.8 Å². The molecule has 0 aromatic rings. The van der Waals surface area contributed by atoms with Crippen LogP contribution < -0.4 is 0 Å². The zero-order chi connectivity index (χ0) is 13.0. The SMILES string of the molecule is CC1(C)C2CCCCC2C2(CO)CCCCC12O. The van der Waals surface area contributed by atoms with E-state index in [9.17, 15) is 10.2 Å². The molecule has 0 heterocycles. The first-order valence-electron chi connectivity index (χ1n) is 7.83. The van der Waals surface area contributed by atoms with Crippen LogP contribution in [0.2, 0.25) is 0 Å². The minimum absolute atomic E-state index is 0.0266. The van der Waals surface area contributed by atoms with Gasteiger partial charge < -0.3 is 10.2 Å². The summed E-state index contributed by atoms with van der Waals surface area (Å²) in [6.07, 6.45) is 9.30. The molecule has 3 aliphatic rings. The Labute approximate surface area is 111 Å². The van der Waals surface area contributed by atoms with E-state index in [-0.39, 0.29) is 17.4 Å². The number of hydrogen-bond donors (Lipinski definition) is 2. The van der Waals surface area contributed by atoms with Crippen molar-refractivity contribution in [1.29, 1.82) is 0 Å². The summed E-state index contributed by atoms with van der Waals surface area (Å²) in [5.74, 6) is 1.16. The second-order valence-corrected chi connectivity index (χ2v) is 7.60. The molecule has 0 radical (unpaired) electrons. The van der Waals surface area contributed by atoms with E-state index in [4.69, 9.17) is 0 Å². The molecule has 0 aliphatic heterocycles. The highest BCUT2D eigenvalue weighted by Crippen LogP contribution is 2.70. The molecular weight excluding hydrogens is 224 g/mol. The summed E-state index contributed by atoms with van der Waals surface area (Å²) < 4.78 is 0. The van der Waals surface area contributed by atoms with Gasteiger partial charge in [-0.25, -0.2) is 0 Å². The van der Waals surface area contributed by atoms with Gasteiger partial charge in [0.05, 0.1) is 12.2 Å². The van der Waals surface area contributed by atoms with Crippen molar-refractivity contribution >= 4 is 0 Å². The van der Waals surface area contributed by atoms with Crippen molar-refractivity contribution in [2.45, 2.75) is 70.8 Å². The Bertz CT molecular complexity index is 338. The van der Waals surface area contributed by atoms with Gasteiger partial charge in [0, 0.05) is 5.41 Å². The molecule has 2 nitrogen and oxygen atoms in total. The number of aliphatic hydroxyl groups is 2. The first kappa shape index (κ1) is 12.9. The molecule has 3 aliphatic carbocycles. The lowest BCUT2D eigenvalue weighted by atomic mass is 9.57. The Hall–Kier alpha value is -0.0800. The standard InChI is InChI=1S/C16H28O2/c1-14(2)12-7-3-4-8-13(12)15(11-17)9-5-6-10-16(14,15)18/h12-13,17-18H,3-11H2,1-2H3. The summed E-state index contributed by atoms with van der Waals surface area (Å²) >= 11 is 0. The maximum atomic E-state index is 11.5. The zero-order valence-corrected chi connectivity index (χ0v) is 11.9. The van der Waals surface area contributed by atoms with E-state index in [0.717, 1.165) is 19.3 Å². The van der Waals surface area contributed by atoms with Crippen molar-refractivity contribution in [3.63, 3.8) is 0 Å². The van der Waals surface area contributed by atoms with Gasteiger partial charge in [0.2, 0.25) is 0 Å². The summed E-state index contributed by atoms with van der Waals surface area (Å²) in [6.45, 7) is 4.71. The largest absolute Gasteiger partial charge is 0.396 e. The fraction of sp³-hybridized carbons (Fsp3) is 1.00. The van der Waals surface area contributed by atoms with E-state index < -0.39 is 5.60 Å². The predicted octanol–water partition coefficient (Wildman–Crippen LogP) is 3.12. The average molecular weight is 252 g/mol. The average Bonchev–Trinajstić information content (AvgIpc) is 2.54. The monoisotopic (exact) mass is 252 g/mol. The van der Waals surface area contributed by atoms with E-state index in [1.54, 1.807) is 0 Å². The summed E-state index contributed by atoms with van der Waals surface area (Å²) in [4.78, 5) is 0. The molecule has 3 rings (SSSR count). The molecule has 0 spiro atoms. The van der Waals surface area contributed by atoms with Crippen LogP contribution in [0.4, 0.5) is 0 Å². The molecule has 3 saturated carbocycles. The lowest BCUT2D eigenvalue weighted by Gasteiger charge is -2.52. The zero-order valence-electron chi connectivity index (χ0n) is 11.9. The van der Waals surface area contributed by atoms with Crippen LogP contribution >= 0.6 is 0 Å². The minimum Gasteiger partial charge on any atom is -0.396 e. The lowest BCUT2D eigenvalue weighted by molar-refractivity contribution is -0.174. The van der Waals surface area contributed by atoms with E-state index in [1.165, 1.54) is 32.1 Å². The van der Waals surface area contributed by atoms with E-state index in [0.29, 0.717) is 11.8 Å². The van der Waals surface area contributed by atoms with Crippen molar-refractivity contribution in [3.8, 4) is 0 Å². The highest BCUT2D eigenvalue weighted by molar-refractivity contribution is 5.20. The van der Waals surface area contributed by atoms with Crippen LogP contribution in [0.15, 0.2) is 0 Å². The molecule has 0 amide bonds. The second-order valence-electron chi connectivity index (χ2n) is 7.60. The highest BCUT2D eigenvalue weighted by Gasteiger charge is 2.71. The molecular formula is C16H28O2. The molecule has 0 aromatic carbocycles. The Balaban J connectivity index is 2.11. The van der Waals surface area contributed by atoms with E-state index >= 15 is 0 Å². The Morgan fingerprint density at radius 3 is 2.22 bits per heavy atom. The van der Waals surface area contributed by atoms with Crippen molar-refractivity contribution in [2.75, 3.05) is 6.61 Å². The van der Waals surface area contributed by atoms with Gasteiger partial charge in [0.25, 0.3) is 0 Å². The minimum atomic E-state index is -0.632. The highest BCUT2D eigenvalue weighted by atomic mass is 16.3. The molecule has 4 unspecified atom stereocenters. The molecule has 0 bridgehead atoms. The Morgan fingerprint density at radius 2 is 1.56 bits per heavy atom. The molecule has 4 atom stereocenters. The third-order valence-electron chi connectivity index (χ3n) is 6.99. The Kier molecular flexibility index (Phi) is 2.84. The summed E-state index contributed by atoms with van der Waals surface area (Å²) in [5, 5.41) is 21.6. The van der Waals surface area contributed by atoms with Crippen LogP contribution in [-0.2, 0) is 0 Å². The molecule has 2 N–H and O–H groups in total. The van der Waals surface area contributed by atoms with Crippen LogP contribution in [-0.4, -0.2) is 22.4 Å². The van der Waals surface area contributed by atoms with Gasteiger partial charge in [-0.05, 0) is 42.9 Å². The maximum absolute atomic E-state index is 11.5. The van der Waals surface area contributed by atoms with Gasteiger partial charge in [0.1, 0.15) is 0 Å². The lowest BCUT2D eigenvalue weighted by Crippen LogP contribution is -2.57. The fourth-order valence-electron chi connectivity index (χ4n) is 6.02. The molecule has 0 aromatic heterocycles. The molecule has 3 fully saturated rings. The van der Waals surface area contributed by atoms with Gasteiger partial charge in [-0.2, -0.15) is 0 Å². The quantitative estimate of drug-likeness (QED) is 0.753. The van der Waals surface area contributed by atoms with Crippen molar-refractivity contribution in [1.82, 2.24) is 0 Å². The van der Waals surface area contributed by atoms with Gasteiger partial charge in [-0.3, -0.25) is 0 Å². The topological polar surface area (TPSA) is 40.5 Å². The molecule has 104 valence electrons. The molecule has 2 heteroatoms. The van der Waals surface area contributed by atoms with Gasteiger partial charge in [-0.15, -0.1) is 0 Å². The van der Waals surface area contributed by atoms with Crippen LogP contribution in [0.25, 0.3) is 0 Å². The summed E-state index contributed by atoms with van der Waals surface area (Å²) in [6, 6.07) is 0. The normalized spacial score (nSPS) is 50.7. The summed E-state index contributed by atoms with van der Waals surface area (Å²) in [7, 11) is 0. The van der Waals surface area contributed by atoms with E-state index in [1.807, 2.05) is 0 Å². The fourth-order valence-corrected chi connectivity index (χ4v) is 6.02. The van der Waals surface area contributed by atoms with Crippen LogP contribution in [0.5, 0.6) is 0 Å². The molecule has 18 heavy (non-hydrogen) atoms. The third-order valence-corrected chi connectivity index (χ3v) is 6.99. The van der Waals surface area contributed by atoms with Crippen LogP contribution in [0.3, 0.4) is 0 Å². The third kappa shape index (κ3) is 1.27. The van der Waals surface area contributed by atoms with Crippen molar-refractivity contribution in [3.05, 3.63) is 0 Å². The second kappa shape index (κ2) is 3.96. The smallest absolute Gasteiger partial charge is 0.0781 e. The molecule has 0 saturated heterocycles. The number of rotatable bonds is 1. The first-order chi connectivity index (χ1) is 8.49. The predicted molar refractivity (Wildman–Crippen MR) is 72.2 cm³/mol. The van der Waals surface area contributed by atoms with Crippen LogP contribution in [0, 0.1) is 22.7 Å². The van der Waals surface area contributed by atoms with Crippen molar-refractivity contribution < 1.29 is 10.2 Å². The van der Waals surface area contributed by atoms with Crippen molar-refractivity contribution in [2.24, 2.45) is 22.7 Å². The maximum Gasteiger partial charge on any atom is 0.0781 e. The summed E-state index contributed by atoms with van der Waals surface area (Å²) in [5.41, 5.74) is -0.853. The first-order valence-corrected chi connectivity index (χ1v) is 7.83. The van der Waals surface area contributed by atoms with Gasteiger partial charge >= 0.3 is 0 Å². The Morgan fingerprint density at radius 1 is 0.944 bits per heavy atom. The number of aliphatic hydroxyl groups excluding tert-OH is 1. The van der Waals surface area contributed by atoms with Gasteiger partial charge in [0.15, 0.2) is 0 Å². The number of hydrogen-bond acceptors (Lipinski definition) is 2. The van der Waals surface area contributed by atoms with Crippen LogP contribution in [0.1, 0.15) is 65.2 Å². The number of fused-ring (bicyclic) bond motifs is 3. The van der Waals surface area contributed by atoms with Gasteiger partial charge in [-0.1, -0.05) is 39.5 Å².